The van der Waals surface area contributed by atoms with E-state index in [1.807, 2.05) is 6.07 Å². The van der Waals surface area contributed by atoms with Crippen LogP contribution >= 0.6 is 11.6 Å². The van der Waals surface area contributed by atoms with E-state index in [0.717, 1.165) is 23.3 Å². The second-order valence-corrected chi connectivity index (χ2v) is 11.4. The van der Waals surface area contributed by atoms with Crippen molar-refractivity contribution in [2.24, 2.45) is 0 Å². The van der Waals surface area contributed by atoms with Crippen molar-refractivity contribution in [2.45, 2.75) is 64.2 Å². The molecule has 45 heavy (non-hydrogen) atoms. The van der Waals surface area contributed by atoms with E-state index in [2.05, 4.69) is 17.2 Å². The Labute approximate surface area is 263 Å². The number of piperidine rings is 1. The SMILES string of the molecule is O=C1CCC(N2Cc3c(C#CCCCCC(=O)N(Cc4ccc(Cl)cc4)Cc4cc(F)c(F)c(F)c4)cccc3C2=O)C(=O)N1. The van der Waals surface area contributed by atoms with Crippen molar-refractivity contribution >= 4 is 35.2 Å². The smallest absolute Gasteiger partial charge is 0.255 e. The van der Waals surface area contributed by atoms with Crippen LogP contribution in [-0.2, 0) is 34.0 Å². The normalized spacial score (nSPS) is 15.8. The Bertz CT molecular complexity index is 1690. The Kier molecular flexibility index (Phi) is 9.89. The highest BCUT2D eigenvalue weighted by Gasteiger charge is 2.39. The van der Waals surface area contributed by atoms with E-state index in [1.54, 1.807) is 36.4 Å². The molecule has 2 aliphatic heterocycles. The van der Waals surface area contributed by atoms with Crippen molar-refractivity contribution in [1.82, 2.24) is 15.1 Å². The number of carbonyl (C=O) groups excluding carboxylic acids is 4. The summed E-state index contributed by atoms with van der Waals surface area (Å²) >= 11 is 5.97. The number of halogens is 4. The summed E-state index contributed by atoms with van der Waals surface area (Å²) in [6.45, 7) is 0.290. The molecule has 1 saturated heterocycles. The first-order valence-corrected chi connectivity index (χ1v) is 14.9. The monoisotopic (exact) mass is 635 g/mol. The Balaban J connectivity index is 1.18. The Morgan fingerprint density at radius 1 is 0.978 bits per heavy atom. The molecule has 1 unspecified atom stereocenters. The van der Waals surface area contributed by atoms with Crippen molar-refractivity contribution in [2.75, 3.05) is 0 Å². The lowest BCUT2D eigenvalue weighted by Crippen LogP contribution is -2.52. The number of carbonyl (C=O) groups is 4. The molecule has 3 aromatic carbocycles. The van der Waals surface area contributed by atoms with Gasteiger partial charge in [-0.15, -0.1) is 0 Å². The molecule has 0 aromatic heterocycles. The standard InChI is InChI=1S/C34H29ClF3N3O4/c35-24-12-10-21(11-13-24)18-40(19-22-16-27(36)32(38)28(37)17-22)31(43)9-4-2-1-3-6-23-7-5-8-25-26(23)20-41(34(25)45)29-14-15-30(42)39-33(29)44/h5,7-8,10-13,16-17,29H,1-2,4,9,14-15,18-20H2,(H,39,42,44). The zero-order valence-electron chi connectivity index (χ0n) is 24.2. The predicted molar refractivity (Wildman–Crippen MR) is 160 cm³/mol. The fourth-order valence-electron chi connectivity index (χ4n) is 5.47. The van der Waals surface area contributed by atoms with Crippen LogP contribution in [0.25, 0.3) is 0 Å². The molecule has 3 aromatic rings. The first kappa shape index (κ1) is 31.8. The van der Waals surface area contributed by atoms with E-state index in [9.17, 15) is 32.3 Å². The van der Waals surface area contributed by atoms with Crippen LogP contribution in [0.2, 0.25) is 5.02 Å². The molecule has 2 heterocycles. The lowest BCUT2D eigenvalue weighted by molar-refractivity contribution is -0.137. The number of nitrogens with zero attached hydrogens (tertiary/aromatic N) is 2. The molecule has 1 fully saturated rings. The maximum absolute atomic E-state index is 13.8. The number of nitrogens with one attached hydrogen (secondary N) is 1. The molecule has 0 spiro atoms. The van der Waals surface area contributed by atoms with Gasteiger partial charge in [-0.1, -0.05) is 41.6 Å². The fraction of sp³-hybridized carbons (Fsp3) is 0.294. The number of hydrogen-bond donors (Lipinski definition) is 1. The molecule has 1 N–H and O–H groups in total. The van der Waals surface area contributed by atoms with Crippen molar-refractivity contribution in [1.29, 1.82) is 0 Å². The van der Waals surface area contributed by atoms with Gasteiger partial charge in [0.25, 0.3) is 5.91 Å². The van der Waals surface area contributed by atoms with E-state index >= 15 is 0 Å². The summed E-state index contributed by atoms with van der Waals surface area (Å²) in [6, 6.07) is 13.2. The first-order valence-electron chi connectivity index (χ1n) is 14.5. The van der Waals surface area contributed by atoms with Gasteiger partial charge in [0.1, 0.15) is 6.04 Å². The van der Waals surface area contributed by atoms with Gasteiger partial charge in [0.05, 0.1) is 0 Å². The van der Waals surface area contributed by atoms with Crippen LogP contribution in [0, 0.1) is 29.3 Å². The van der Waals surface area contributed by atoms with Gasteiger partial charge in [0, 0.05) is 55.0 Å². The topological polar surface area (TPSA) is 86.8 Å². The summed E-state index contributed by atoms with van der Waals surface area (Å²) in [7, 11) is 0. The van der Waals surface area contributed by atoms with Crippen LogP contribution in [0.5, 0.6) is 0 Å². The molecule has 232 valence electrons. The number of hydrogen-bond acceptors (Lipinski definition) is 4. The van der Waals surface area contributed by atoms with Crippen molar-refractivity contribution < 1.29 is 32.3 Å². The molecule has 1 atom stereocenters. The van der Waals surface area contributed by atoms with Gasteiger partial charge in [-0.05, 0) is 72.4 Å². The summed E-state index contributed by atoms with van der Waals surface area (Å²) in [6.07, 6.45) is 2.20. The highest BCUT2D eigenvalue weighted by atomic mass is 35.5. The third kappa shape index (κ3) is 7.55. The lowest BCUT2D eigenvalue weighted by Gasteiger charge is -2.29. The molecule has 0 aliphatic carbocycles. The van der Waals surface area contributed by atoms with Gasteiger partial charge in [-0.25, -0.2) is 13.2 Å². The summed E-state index contributed by atoms with van der Waals surface area (Å²) in [4.78, 5) is 53.0. The van der Waals surface area contributed by atoms with Crippen LogP contribution in [0.4, 0.5) is 13.2 Å². The minimum atomic E-state index is -1.56. The van der Waals surface area contributed by atoms with Crippen LogP contribution in [0.15, 0.2) is 54.6 Å². The van der Waals surface area contributed by atoms with Crippen molar-refractivity contribution in [3.63, 3.8) is 0 Å². The second kappa shape index (κ2) is 14.0. The molecular formula is C34H29ClF3N3O4. The quantitative estimate of drug-likeness (QED) is 0.142. The maximum atomic E-state index is 13.8. The summed E-state index contributed by atoms with van der Waals surface area (Å²) in [5.74, 6) is 0.685. The molecule has 5 rings (SSSR count). The zero-order chi connectivity index (χ0) is 32.1. The van der Waals surface area contributed by atoms with Gasteiger partial charge in [0.2, 0.25) is 17.7 Å². The summed E-state index contributed by atoms with van der Waals surface area (Å²) in [5, 5.41) is 2.82. The summed E-state index contributed by atoms with van der Waals surface area (Å²) in [5.41, 5.74) is 2.80. The van der Waals surface area contributed by atoms with E-state index in [-0.39, 0.29) is 62.2 Å². The molecule has 2 aliphatic rings. The molecule has 11 heteroatoms. The van der Waals surface area contributed by atoms with Crippen LogP contribution in [0.3, 0.4) is 0 Å². The fourth-order valence-corrected chi connectivity index (χ4v) is 5.60. The maximum Gasteiger partial charge on any atom is 0.255 e. The number of amides is 4. The zero-order valence-corrected chi connectivity index (χ0v) is 24.9. The number of fused-ring (bicyclic) bond motifs is 1. The second-order valence-electron chi connectivity index (χ2n) is 11.0. The summed E-state index contributed by atoms with van der Waals surface area (Å²) < 4.78 is 41.2. The van der Waals surface area contributed by atoms with E-state index < -0.39 is 29.4 Å². The number of imide groups is 1. The predicted octanol–water partition coefficient (Wildman–Crippen LogP) is 5.66. The van der Waals surface area contributed by atoms with Gasteiger partial charge < -0.3 is 9.80 Å². The van der Waals surface area contributed by atoms with E-state index in [1.165, 1.54) is 9.80 Å². The molecule has 4 amide bonds. The van der Waals surface area contributed by atoms with Gasteiger partial charge >= 0.3 is 0 Å². The van der Waals surface area contributed by atoms with Gasteiger partial charge in [-0.3, -0.25) is 24.5 Å². The average Bonchev–Trinajstić information content (AvgIpc) is 3.34. The first-order chi connectivity index (χ1) is 21.6. The van der Waals surface area contributed by atoms with Crippen LogP contribution < -0.4 is 5.32 Å². The highest BCUT2D eigenvalue weighted by molar-refractivity contribution is 6.30. The van der Waals surface area contributed by atoms with Crippen LogP contribution in [0.1, 0.15) is 71.1 Å². The largest absolute Gasteiger partial charge is 0.334 e. The number of benzene rings is 3. The average molecular weight is 636 g/mol. The van der Waals surface area contributed by atoms with E-state index in [0.29, 0.717) is 35.4 Å². The molecule has 7 nitrogen and oxygen atoms in total. The Hall–Kier alpha value is -4.62. The number of unbranched alkanes of at least 4 members (excludes halogenated alkanes) is 2. The van der Waals surface area contributed by atoms with Gasteiger partial charge in [0.15, 0.2) is 17.5 Å². The Morgan fingerprint density at radius 3 is 2.40 bits per heavy atom. The molecule has 0 saturated carbocycles. The third-order valence-corrected chi connectivity index (χ3v) is 8.06. The highest BCUT2D eigenvalue weighted by Crippen LogP contribution is 2.29. The van der Waals surface area contributed by atoms with Crippen molar-refractivity contribution in [3.05, 3.63) is 105 Å². The minimum absolute atomic E-state index is 0.108. The van der Waals surface area contributed by atoms with E-state index in [4.69, 9.17) is 11.6 Å². The third-order valence-electron chi connectivity index (χ3n) is 7.80. The Morgan fingerprint density at radius 2 is 1.69 bits per heavy atom. The lowest BCUT2D eigenvalue weighted by atomic mass is 10.0. The molecule has 0 bridgehead atoms. The number of rotatable bonds is 9. The van der Waals surface area contributed by atoms with Crippen LogP contribution in [-0.4, -0.2) is 39.5 Å². The van der Waals surface area contributed by atoms with Gasteiger partial charge in [-0.2, -0.15) is 0 Å². The van der Waals surface area contributed by atoms with Crippen molar-refractivity contribution in [3.8, 4) is 11.8 Å². The molecule has 0 radical (unpaired) electrons. The molecular weight excluding hydrogens is 607 g/mol. The minimum Gasteiger partial charge on any atom is -0.334 e.